The first-order valence-electron chi connectivity index (χ1n) is 6.93. The molecular weight excluding hydrogens is 220 g/mol. The highest BCUT2D eigenvalue weighted by molar-refractivity contribution is 5.32. The maximum absolute atomic E-state index is 5.80. The van der Waals surface area contributed by atoms with Crippen molar-refractivity contribution in [3.63, 3.8) is 0 Å². The zero-order valence-corrected chi connectivity index (χ0v) is 12.5. The van der Waals surface area contributed by atoms with Gasteiger partial charge in [0.2, 0.25) is 0 Å². The maximum Gasteiger partial charge on any atom is 0.0233 e. The summed E-state index contributed by atoms with van der Waals surface area (Å²) in [5.74, 6) is 0.596. The van der Waals surface area contributed by atoms with Crippen molar-refractivity contribution in [1.82, 2.24) is 4.90 Å². The SMILES string of the molecule is Cc1ccc(C(C)C)cc1CN(C)CCC(C)N. The fourth-order valence-electron chi connectivity index (χ4n) is 2.01. The van der Waals surface area contributed by atoms with Gasteiger partial charge in [-0.05, 0) is 56.5 Å². The lowest BCUT2D eigenvalue weighted by Crippen LogP contribution is -2.26. The van der Waals surface area contributed by atoms with Gasteiger partial charge in [-0.1, -0.05) is 32.0 Å². The first-order chi connectivity index (χ1) is 8.40. The fraction of sp³-hybridized carbons (Fsp3) is 0.625. The van der Waals surface area contributed by atoms with Gasteiger partial charge in [-0.3, -0.25) is 0 Å². The van der Waals surface area contributed by atoms with Gasteiger partial charge >= 0.3 is 0 Å². The van der Waals surface area contributed by atoms with Crippen LogP contribution in [-0.2, 0) is 6.54 Å². The Labute approximate surface area is 112 Å². The van der Waals surface area contributed by atoms with Crippen LogP contribution in [-0.4, -0.2) is 24.5 Å². The molecule has 2 heteroatoms. The third-order valence-electron chi connectivity index (χ3n) is 3.45. The van der Waals surface area contributed by atoms with Crippen molar-refractivity contribution in [2.45, 2.75) is 52.6 Å². The number of rotatable bonds is 6. The molecule has 18 heavy (non-hydrogen) atoms. The summed E-state index contributed by atoms with van der Waals surface area (Å²) in [5, 5.41) is 0. The van der Waals surface area contributed by atoms with E-state index in [0.29, 0.717) is 5.92 Å². The molecule has 0 radical (unpaired) electrons. The van der Waals surface area contributed by atoms with Crippen molar-refractivity contribution in [1.29, 1.82) is 0 Å². The molecule has 1 aromatic rings. The standard InChI is InChI=1S/C16H28N2/c1-12(2)15-7-6-13(3)16(10-15)11-18(5)9-8-14(4)17/h6-7,10,12,14H,8-9,11,17H2,1-5H3. The van der Waals surface area contributed by atoms with E-state index in [1.54, 1.807) is 0 Å². The van der Waals surface area contributed by atoms with Gasteiger partial charge in [0, 0.05) is 12.6 Å². The van der Waals surface area contributed by atoms with E-state index in [2.05, 4.69) is 57.8 Å². The Kier molecular flexibility index (Phi) is 5.83. The van der Waals surface area contributed by atoms with Crippen LogP contribution in [0.4, 0.5) is 0 Å². The normalized spacial score (nSPS) is 13.3. The molecule has 0 fully saturated rings. The van der Waals surface area contributed by atoms with Crippen LogP contribution in [0.25, 0.3) is 0 Å². The molecule has 0 saturated carbocycles. The maximum atomic E-state index is 5.80. The van der Waals surface area contributed by atoms with Crippen molar-refractivity contribution in [3.8, 4) is 0 Å². The third-order valence-corrected chi connectivity index (χ3v) is 3.45. The molecule has 0 bridgehead atoms. The Balaban J connectivity index is 2.68. The molecule has 1 aromatic carbocycles. The quantitative estimate of drug-likeness (QED) is 0.837. The molecule has 0 spiro atoms. The van der Waals surface area contributed by atoms with Gasteiger partial charge in [0.05, 0.1) is 0 Å². The zero-order chi connectivity index (χ0) is 13.7. The monoisotopic (exact) mass is 248 g/mol. The highest BCUT2D eigenvalue weighted by Crippen LogP contribution is 2.19. The minimum Gasteiger partial charge on any atom is -0.328 e. The Morgan fingerprint density at radius 3 is 2.44 bits per heavy atom. The lowest BCUT2D eigenvalue weighted by molar-refractivity contribution is 0.313. The lowest BCUT2D eigenvalue weighted by Gasteiger charge is -2.20. The highest BCUT2D eigenvalue weighted by Gasteiger charge is 2.07. The van der Waals surface area contributed by atoms with Gasteiger partial charge < -0.3 is 10.6 Å². The summed E-state index contributed by atoms with van der Waals surface area (Å²) in [6, 6.07) is 7.12. The lowest BCUT2D eigenvalue weighted by atomic mass is 9.97. The number of hydrogen-bond donors (Lipinski definition) is 1. The second-order valence-electron chi connectivity index (χ2n) is 5.84. The number of benzene rings is 1. The average Bonchev–Trinajstić information content (AvgIpc) is 2.29. The van der Waals surface area contributed by atoms with E-state index in [1.807, 2.05) is 0 Å². The van der Waals surface area contributed by atoms with Crippen LogP contribution >= 0.6 is 0 Å². The van der Waals surface area contributed by atoms with Gasteiger partial charge in [0.1, 0.15) is 0 Å². The summed E-state index contributed by atoms with van der Waals surface area (Å²) < 4.78 is 0. The largest absolute Gasteiger partial charge is 0.328 e. The van der Waals surface area contributed by atoms with Crippen LogP contribution in [0.3, 0.4) is 0 Å². The molecule has 1 unspecified atom stereocenters. The smallest absolute Gasteiger partial charge is 0.0233 e. The summed E-state index contributed by atoms with van der Waals surface area (Å²) in [4.78, 5) is 2.36. The van der Waals surface area contributed by atoms with Crippen LogP contribution in [0.1, 0.15) is 49.8 Å². The molecule has 2 nitrogen and oxygen atoms in total. The molecule has 1 atom stereocenters. The van der Waals surface area contributed by atoms with Crippen LogP contribution in [0.15, 0.2) is 18.2 Å². The molecule has 0 saturated heterocycles. The number of nitrogens with zero attached hydrogens (tertiary/aromatic N) is 1. The first kappa shape index (κ1) is 15.2. The van der Waals surface area contributed by atoms with Crippen molar-refractivity contribution < 1.29 is 0 Å². The van der Waals surface area contributed by atoms with Crippen molar-refractivity contribution in [2.75, 3.05) is 13.6 Å². The van der Waals surface area contributed by atoms with Gasteiger partial charge in [-0.15, -0.1) is 0 Å². The van der Waals surface area contributed by atoms with Crippen LogP contribution < -0.4 is 5.73 Å². The van der Waals surface area contributed by atoms with E-state index in [9.17, 15) is 0 Å². The molecule has 102 valence electrons. The van der Waals surface area contributed by atoms with Crippen LogP contribution in [0.5, 0.6) is 0 Å². The topological polar surface area (TPSA) is 29.3 Å². The molecule has 0 aliphatic rings. The second kappa shape index (κ2) is 6.91. The van der Waals surface area contributed by atoms with Gasteiger partial charge in [0.25, 0.3) is 0 Å². The summed E-state index contributed by atoms with van der Waals surface area (Å²) in [6.07, 6.45) is 1.05. The van der Waals surface area contributed by atoms with E-state index in [-0.39, 0.29) is 6.04 Å². The summed E-state index contributed by atoms with van der Waals surface area (Å²) in [6.45, 7) is 10.8. The summed E-state index contributed by atoms with van der Waals surface area (Å²) in [5.41, 5.74) is 10.0. The molecular formula is C16H28N2. The minimum absolute atomic E-state index is 0.288. The number of nitrogens with two attached hydrogens (primary N) is 1. The van der Waals surface area contributed by atoms with Gasteiger partial charge in [-0.2, -0.15) is 0 Å². The second-order valence-corrected chi connectivity index (χ2v) is 5.84. The van der Waals surface area contributed by atoms with Crippen molar-refractivity contribution in [3.05, 3.63) is 34.9 Å². The Morgan fingerprint density at radius 2 is 1.89 bits per heavy atom. The van der Waals surface area contributed by atoms with E-state index in [0.717, 1.165) is 19.5 Å². The molecule has 0 aromatic heterocycles. The molecule has 0 aliphatic carbocycles. The number of hydrogen-bond acceptors (Lipinski definition) is 2. The molecule has 0 amide bonds. The summed E-state index contributed by atoms with van der Waals surface area (Å²) in [7, 11) is 2.17. The molecule has 0 aliphatic heterocycles. The molecule has 0 heterocycles. The average molecular weight is 248 g/mol. The predicted octanol–water partition coefficient (Wildman–Crippen LogP) is 3.29. The first-order valence-corrected chi connectivity index (χ1v) is 6.93. The molecule has 2 N–H and O–H groups in total. The van der Waals surface area contributed by atoms with Crippen molar-refractivity contribution >= 4 is 0 Å². The van der Waals surface area contributed by atoms with Gasteiger partial charge in [-0.25, -0.2) is 0 Å². The Morgan fingerprint density at radius 1 is 1.22 bits per heavy atom. The highest BCUT2D eigenvalue weighted by atomic mass is 15.1. The molecule has 1 rings (SSSR count). The van der Waals surface area contributed by atoms with E-state index in [1.165, 1.54) is 16.7 Å². The van der Waals surface area contributed by atoms with E-state index < -0.39 is 0 Å². The van der Waals surface area contributed by atoms with Crippen LogP contribution in [0, 0.1) is 6.92 Å². The zero-order valence-electron chi connectivity index (χ0n) is 12.5. The van der Waals surface area contributed by atoms with E-state index in [4.69, 9.17) is 5.73 Å². The summed E-state index contributed by atoms with van der Waals surface area (Å²) >= 11 is 0. The minimum atomic E-state index is 0.288. The third kappa shape index (κ3) is 4.79. The Bertz CT molecular complexity index is 369. The van der Waals surface area contributed by atoms with E-state index >= 15 is 0 Å². The van der Waals surface area contributed by atoms with Crippen LogP contribution in [0.2, 0.25) is 0 Å². The fourth-order valence-corrected chi connectivity index (χ4v) is 2.01. The van der Waals surface area contributed by atoms with Gasteiger partial charge in [0.15, 0.2) is 0 Å². The predicted molar refractivity (Wildman–Crippen MR) is 79.9 cm³/mol. The number of aryl methyl sites for hydroxylation is 1. The Hall–Kier alpha value is -0.860. The van der Waals surface area contributed by atoms with Crippen molar-refractivity contribution in [2.24, 2.45) is 5.73 Å².